The molecule has 1 saturated carbocycles. The molecule has 0 aliphatic heterocycles. The number of hydrogen-bond acceptors (Lipinski definition) is 6. The normalized spacial score (nSPS) is 15.2. The molecule has 1 aliphatic rings. The highest BCUT2D eigenvalue weighted by molar-refractivity contribution is 5.69. The first-order chi connectivity index (χ1) is 9.51. The molecule has 8 heteroatoms. The molecule has 1 unspecified atom stereocenters. The Labute approximate surface area is 114 Å². The van der Waals surface area contributed by atoms with Gasteiger partial charge in [-0.1, -0.05) is 0 Å². The van der Waals surface area contributed by atoms with Gasteiger partial charge in [-0.25, -0.2) is 4.98 Å². The predicted octanol–water partition coefficient (Wildman–Crippen LogP) is 1.53. The standard InChI is InChI=1S/C12H12N4O4/c13-5-7-3-10(16(19)20)12(14-6-7)15-9(4-11(17)18)8-1-2-8/h3,6,8-9H,1-2,4H2,(H,14,15)(H,17,18). The minimum Gasteiger partial charge on any atom is -0.481 e. The van der Waals surface area contributed by atoms with Crippen LogP contribution in [0.4, 0.5) is 11.5 Å². The number of carboxylic acid groups (broad SMARTS) is 1. The van der Waals surface area contributed by atoms with Crippen LogP contribution in [0.3, 0.4) is 0 Å². The highest BCUT2D eigenvalue weighted by Crippen LogP contribution is 2.36. The van der Waals surface area contributed by atoms with Gasteiger partial charge in [-0.3, -0.25) is 14.9 Å². The molecule has 1 aromatic heterocycles. The van der Waals surface area contributed by atoms with Crippen molar-refractivity contribution in [2.75, 3.05) is 5.32 Å². The predicted molar refractivity (Wildman–Crippen MR) is 68.0 cm³/mol. The summed E-state index contributed by atoms with van der Waals surface area (Å²) in [4.78, 5) is 25.0. The summed E-state index contributed by atoms with van der Waals surface area (Å²) in [5, 5.41) is 31.4. The lowest BCUT2D eigenvalue weighted by Gasteiger charge is -2.16. The van der Waals surface area contributed by atoms with Crippen LogP contribution in [-0.2, 0) is 4.79 Å². The van der Waals surface area contributed by atoms with Crippen LogP contribution in [0.1, 0.15) is 24.8 Å². The van der Waals surface area contributed by atoms with E-state index in [0.29, 0.717) is 0 Å². The molecule has 8 nitrogen and oxygen atoms in total. The monoisotopic (exact) mass is 276 g/mol. The summed E-state index contributed by atoms with van der Waals surface area (Å²) in [7, 11) is 0. The van der Waals surface area contributed by atoms with Crippen molar-refractivity contribution in [2.24, 2.45) is 5.92 Å². The number of nitriles is 1. The van der Waals surface area contributed by atoms with Gasteiger partial charge in [0.25, 0.3) is 0 Å². The molecule has 0 radical (unpaired) electrons. The van der Waals surface area contributed by atoms with E-state index in [0.717, 1.165) is 18.9 Å². The van der Waals surface area contributed by atoms with Crippen LogP contribution in [0.25, 0.3) is 0 Å². The van der Waals surface area contributed by atoms with Crippen molar-refractivity contribution < 1.29 is 14.8 Å². The Balaban J connectivity index is 2.25. The third kappa shape index (κ3) is 3.20. The molecule has 2 N–H and O–H groups in total. The van der Waals surface area contributed by atoms with E-state index < -0.39 is 10.9 Å². The highest BCUT2D eigenvalue weighted by atomic mass is 16.6. The Kier molecular flexibility index (Phi) is 3.79. The minimum absolute atomic E-state index is 0.00662. The van der Waals surface area contributed by atoms with E-state index >= 15 is 0 Å². The van der Waals surface area contributed by atoms with E-state index in [1.807, 2.05) is 0 Å². The zero-order valence-corrected chi connectivity index (χ0v) is 10.4. The lowest BCUT2D eigenvalue weighted by molar-refractivity contribution is -0.384. The van der Waals surface area contributed by atoms with Gasteiger partial charge in [0, 0.05) is 18.3 Å². The van der Waals surface area contributed by atoms with E-state index in [-0.39, 0.29) is 35.4 Å². The van der Waals surface area contributed by atoms with Gasteiger partial charge < -0.3 is 10.4 Å². The maximum atomic E-state index is 11.0. The van der Waals surface area contributed by atoms with Crippen molar-refractivity contribution in [3.05, 3.63) is 27.9 Å². The molecule has 20 heavy (non-hydrogen) atoms. The van der Waals surface area contributed by atoms with Gasteiger partial charge in [0.05, 0.1) is 16.9 Å². The first kappa shape index (κ1) is 13.7. The Hall–Kier alpha value is -2.69. The van der Waals surface area contributed by atoms with Crippen molar-refractivity contribution in [3.63, 3.8) is 0 Å². The van der Waals surface area contributed by atoms with Crippen molar-refractivity contribution in [1.29, 1.82) is 5.26 Å². The molecular weight excluding hydrogens is 264 g/mol. The largest absolute Gasteiger partial charge is 0.481 e. The minimum atomic E-state index is -0.967. The number of nitrogens with one attached hydrogen (secondary N) is 1. The Morgan fingerprint density at radius 1 is 1.70 bits per heavy atom. The van der Waals surface area contributed by atoms with Gasteiger partial charge in [0.2, 0.25) is 5.82 Å². The van der Waals surface area contributed by atoms with E-state index in [2.05, 4.69) is 10.3 Å². The average molecular weight is 276 g/mol. The fraction of sp³-hybridized carbons (Fsp3) is 0.417. The number of nitrogens with zero attached hydrogens (tertiary/aromatic N) is 3. The van der Waals surface area contributed by atoms with Gasteiger partial charge >= 0.3 is 11.7 Å². The van der Waals surface area contributed by atoms with Crippen LogP contribution in [0, 0.1) is 27.4 Å². The van der Waals surface area contributed by atoms with Crippen molar-refractivity contribution >= 4 is 17.5 Å². The molecule has 2 rings (SSSR count). The average Bonchev–Trinajstić information content (AvgIpc) is 3.21. The molecule has 0 spiro atoms. The Morgan fingerprint density at radius 3 is 2.90 bits per heavy atom. The van der Waals surface area contributed by atoms with Crippen LogP contribution >= 0.6 is 0 Å². The third-order valence-corrected chi connectivity index (χ3v) is 3.10. The van der Waals surface area contributed by atoms with E-state index in [1.54, 1.807) is 6.07 Å². The first-order valence-electron chi connectivity index (χ1n) is 6.04. The summed E-state index contributed by atoms with van der Waals surface area (Å²) in [5.74, 6) is -0.763. The second-order valence-corrected chi connectivity index (χ2v) is 4.65. The summed E-state index contributed by atoms with van der Waals surface area (Å²) in [6.07, 6.45) is 2.90. The number of hydrogen-bond donors (Lipinski definition) is 2. The van der Waals surface area contributed by atoms with Gasteiger partial charge in [-0.15, -0.1) is 0 Å². The van der Waals surface area contributed by atoms with Crippen LogP contribution in [-0.4, -0.2) is 27.0 Å². The molecule has 1 fully saturated rings. The second kappa shape index (κ2) is 5.52. The highest BCUT2D eigenvalue weighted by Gasteiger charge is 2.34. The van der Waals surface area contributed by atoms with Crippen LogP contribution in [0.5, 0.6) is 0 Å². The topological polar surface area (TPSA) is 129 Å². The first-order valence-corrected chi connectivity index (χ1v) is 6.04. The zero-order valence-electron chi connectivity index (χ0n) is 10.4. The quantitative estimate of drug-likeness (QED) is 0.595. The number of carboxylic acids is 1. The molecule has 0 aromatic carbocycles. The molecule has 0 saturated heterocycles. The molecule has 1 aromatic rings. The summed E-state index contributed by atoms with van der Waals surface area (Å²) >= 11 is 0. The number of nitro groups is 1. The molecule has 1 aliphatic carbocycles. The molecule has 104 valence electrons. The number of pyridine rings is 1. The van der Waals surface area contributed by atoms with Gasteiger partial charge in [-0.05, 0) is 18.8 Å². The lowest BCUT2D eigenvalue weighted by atomic mass is 10.1. The maximum absolute atomic E-state index is 11.0. The van der Waals surface area contributed by atoms with Crippen molar-refractivity contribution in [3.8, 4) is 6.07 Å². The summed E-state index contributed by atoms with van der Waals surface area (Å²) in [6.45, 7) is 0. The zero-order chi connectivity index (χ0) is 14.7. The van der Waals surface area contributed by atoms with Gasteiger partial charge in [-0.2, -0.15) is 5.26 Å². The Bertz CT molecular complexity index is 592. The van der Waals surface area contributed by atoms with Crippen LogP contribution in [0.2, 0.25) is 0 Å². The number of aromatic nitrogens is 1. The number of carbonyl (C=O) groups is 1. The number of aliphatic carboxylic acids is 1. The molecular formula is C12H12N4O4. The Morgan fingerprint density at radius 2 is 2.40 bits per heavy atom. The van der Waals surface area contributed by atoms with E-state index in [9.17, 15) is 14.9 Å². The lowest BCUT2D eigenvalue weighted by Crippen LogP contribution is -2.26. The van der Waals surface area contributed by atoms with Crippen LogP contribution < -0.4 is 5.32 Å². The molecule has 1 heterocycles. The third-order valence-electron chi connectivity index (χ3n) is 3.10. The summed E-state index contributed by atoms with van der Waals surface area (Å²) in [5.41, 5.74) is -0.233. The molecule has 0 bridgehead atoms. The summed E-state index contributed by atoms with van der Waals surface area (Å²) < 4.78 is 0. The van der Waals surface area contributed by atoms with Crippen LogP contribution in [0.15, 0.2) is 12.3 Å². The maximum Gasteiger partial charge on any atom is 0.312 e. The second-order valence-electron chi connectivity index (χ2n) is 4.65. The van der Waals surface area contributed by atoms with Gasteiger partial charge in [0.15, 0.2) is 0 Å². The van der Waals surface area contributed by atoms with Gasteiger partial charge in [0.1, 0.15) is 6.07 Å². The van der Waals surface area contributed by atoms with Crippen molar-refractivity contribution in [1.82, 2.24) is 4.98 Å². The SMILES string of the molecule is N#Cc1cnc(NC(CC(=O)O)C2CC2)c([N+](=O)[O-])c1. The fourth-order valence-electron chi connectivity index (χ4n) is 1.96. The summed E-state index contributed by atoms with van der Waals surface area (Å²) in [6, 6.07) is 2.52. The smallest absolute Gasteiger partial charge is 0.312 e. The number of rotatable bonds is 6. The van der Waals surface area contributed by atoms with Crippen molar-refractivity contribution in [2.45, 2.75) is 25.3 Å². The molecule has 0 amide bonds. The van der Waals surface area contributed by atoms with E-state index in [1.165, 1.54) is 6.20 Å². The molecule has 1 atom stereocenters. The fourth-order valence-corrected chi connectivity index (χ4v) is 1.96. The van der Waals surface area contributed by atoms with E-state index in [4.69, 9.17) is 10.4 Å². The number of anilines is 1.